The van der Waals surface area contributed by atoms with Gasteiger partial charge in [0.2, 0.25) is 0 Å². The van der Waals surface area contributed by atoms with E-state index in [1.807, 2.05) is 48.5 Å². The molecular formula is C24H30O4. The van der Waals surface area contributed by atoms with Gasteiger partial charge in [-0.05, 0) is 24.8 Å². The van der Waals surface area contributed by atoms with Gasteiger partial charge in [-0.15, -0.1) is 6.58 Å². The van der Waals surface area contributed by atoms with Gasteiger partial charge in [-0.25, -0.2) is 0 Å². The first-order chi connectivity index (χ1) is 13.8. The van der Waals surface area contributed by atoms with Gasteiger partial charge in [0.25, 0.3) is 0 Å². The molecule has 1 fully saturated rings. The largest absolute Gasteiger partial charge is 0.390 e. The van der Waals surface area contributed by atoms with E-state index in [0.29, 0.717) is 26.1 Å². The second-order valence-electron chi connectivity index (χ2n) is 7.18. The van der Waals surface area contributed by atoms with Crippen LogP contribution in [-0.4, -0.2) is 30.0 Å². The van der Waals surface area contributed by atoms with Gasteiger partial charge in [-0.1, -0.05) is 66.7 Å². The van der Waals surface area contributed by atoms with Crippen molar-refractivity contribution in [2.45, 2.75) is 56.9 Å². The number of benzene rings is 2. The van der Waals surface area contributed by atoms with Crippen molar-refractivity contribution in [2.75, 3.05) is 6.61 Å². The number of hydrogen-bond donors (Lipinski definition) is 1. The van der Waals surface area contributed by atoms with Crippen molar-refractivity contribution in [2.24, 2.45) is 0 Å². The lowest BCUT2D eigenvalue weighted by molar-refractivity contribution is -0.266. The first-order valence-corrected chi connectivity index (χ1v) is 10.0. The molecule has 1 saturated heterocycles. The third-order valence-corrected chi connectivity index (χ3v) is 4.95. The van der Waals surface area contributed by atoms with E-state index in [9.17, 15) is 5.11 Å². The Hall–Kier alpha value is -1.98. The molecule has 1 heterocycles. The van der Waals surface area contributed by atoms with Gasteiger partial charge in [0.05, 0.1) is 24.9 Å². The average molecular weight is 383 g/mol. The molecule has 1 aliphatic rings. The minimum absolute atomic E-state index is 0.0312. The van der Waals surface area contributed by atoms with Crippen molar-refractivity contribution in [1.82, 2.24) is 0 Å². The van der Waals surface area contributed by atoms with Gasteiger partial charge in [-0.3, -0.25) is 0 Å². The van der Waals surface area contributed by atoms with Crippen LogP contribution in [0.25, 0.3) is 0 Å². The molecular weight excluding hydrogens is 352 g/mol. The summed E-state index contributed by atoms with van der Waals surface area (Å²) in [5.74, 6) is 0. The molecule has 28 heavy (non-hydrogen) atoms. The smallest absolute Gasteiger partial charge is 0.184 e. The summed E-state index contributed by atoms with van der Waals surface area (Å²) in [6, 6.07) is 20.1. The molecule has 1 aliphatic heterocycles. The maximum absolute atomic E-state index is 10.4. The lowest BCUT2D eigenvalue weighted by Gasteiger charge is -2.38. The zero-order chi connectivity index (χ0) is 19.6. The highest BCUT2D eigenvalue weighted by Crippen LogP contribution is 2.33. The Balaban J connectivity index is 1.50. The molecule has 1 N–H and O–H groups in total. The van der Waals surface area contributed by atoms with E-state index < -0.39 is 12.4 Å². The van der Waals surface area contributed by atoms with E-state index >= 15 is 0 Å². The number of aliphatic hydroxyl groups is 1. The number of ether oxygens (including phenoxy) is 3. The van der Waals surface area contributed by atoms with Crippen LogP contribution < -0.4 is 0 Å². The number of rotatable bonds is 10. The average Bonchev–Trinajstić information content (AvgIpc) is 2.75. The molecule has 4 heteroatoms. The van der Waals surface area contributed by atoms with E-state index in [1.54, 1.807) is 6.08 Å². The first kappa shape index (κ1) is 20.7. The molecule has 4 nitrogen and oxygen atoms in total. The highest BCUT2D eigenvalue weighted by Gasteiger charge is 2.34. The molecule has 2 aromatic rings. The van der Waals surface area contributed by atoms with Crippen LogP contribution in [0.2, 0.25) is 0 Å². The van der Waals surface area contributed by atoms with Crippen LogP contribution in [0.3, 0.4) is 0 Å². The summed E-state index contributed by atoms with van der Waals surface area (Å²) in [7, 11) is 0. The topological polar surface area (TPSA) is 47.9 Å². The quantitative estimate of drug-likeness (QED) is 0.474. The molecule has 3 rings (SSSR count). The summed E-state index contributed by atoms with van der Waals surface area (Å²) >= 11 is 0. The van der Waals surface area contributed by atoms with Gasteiger partial charge < -0.3 is 19.3 Å². The maximum atomic E-state index is 10.4. The van der Waals surface area contributed by atoms with E-state index in [4.69, 9.17) is 14.2 Å². The van der Waals surface area contributed by atoms with Crippen LogP contribution in [0.5, 0.6) is 0 Å². The molecule has 0 bridgehead atoms. The van der Waals surface area contributed by atoms with Crippen molar-refractivity contribution < 1.29 is 19.3 Å². The molecule has 2 aromatic carbocycles. The van der Waals surface area contributed by atoms with Crippen LogP contribution in [0.15, 0.2) is 73.3 Å². The third-order valence-electron chi connectivity index (χ3n) is 4.95. The molecule has 0 aliphatic carbocycles. The van der Waals surface area contributed by atoms with Crippen LogP contribution in [-0.2, 0) is 20.8 Å². The maximum Gasteiger partial charge on any atom is 0.184 e. The monoisotopic (exact) mass is 382 g/mol. The Morgan fingerprint density at radius 3 is 2.50 bits per heavy atom. The molecule has 0 saturated carbocycles. The van der Waals surface area contributed by atoms with Crippen molar-refractivity contribution in [3.63, 3.8) is 0 Å². The van der Waals surface area contributed by atoms with E-state index in [0.717, 1.165) is 18.4 Å². The van der Waals surface area contributed by atoms with Crippen LogP contribution in [0.4, 0.5) is 0 Å². The summed E-state index contributed by atoms with van der Waals surface area (Å²) in [6.45, 7) is 5.04. The normalized spacial score (nSPS) is 23.2. The predicted octanol–water partition coefficient (Wildman–Crippen LogP) is 4.79. The van der Waals surface area contributed by atoms with E-state index in [-0.39, 0.29) is 12.2 Å². The summed E-state index contributed by atoms with van der Waals surface area (Å²) in [4.78, 5) is 0. The highest BCUT2D eigenvalue weighted by molar-refractivity contribution is 5.16. The molecule has 0 radical (unpaired) electrons. The summed E-state index contributed by atoms with van der Waals surface area (Å²) in [5, 5.41) is 10.4. The Kier molecular flexibility index (Phi) is 8.24. The first-order valence-electron chi connectivity index (χ1n) is 10.0. The van der Waals surface area contributed by atoms with Crippen molar-refractivity contribution in [3.05, 3.63) is 84.4 Å². The zero-order valence-corrected chi connectivity index (χ0v) is 16.3. The van der Waals surface area contributed by atoms with Crippen LogP contribution in [0.1, 0.15) is 43.1 Å². The van der Waals surface area contributed by atoms with Crippen molar-refractivity contribution in [3.8, 4) is 0 Å². The van der Waals surface area contributed by atoms with E-state index in [2.05, 4.69) is 18.7 Å². The van der Waals surface area contributed by atoms with Crippen molar-refractivity contribution >= 4 is 0 Å². The summed E-state index contributed by atoms with van der Waals surface area (Å²) in [5.41, 5.74) is 2.16. The van der Waals surface area contributed by atoms with Gasteiger partial charge in [-0.2, -0.15) is 0 Å². The Morgan fingerprint density at radius 2 is 1.79 bits per heavy atom. The summed E-state index contributed by atoms with van der Waals surface area (Å²) in [6.07, 6.45) is 3.46. The minimum atomic E-state index is -0.565. The number of hydrogen-bond acceptors (Lipinski definition) is 4. The van der Waals surface area contributed by atoms with Crippen LogP contribution >= 0.6 is 0 Å². The summed E-state index contributed by atoms with van der Waals surface area (Å²) < 4.78 is 18.0. The Labute approximate surface area is 167 Å². The SMILES string of the molecule is C=CC[C@H](O)[C@@H]1C[C@H](CCCOCc2ccccc2)O[C@H](c2ccccc2)O1. The molecule has 4 atom stereocenters. The Morgan fingerprint density at radius 1 is 1.07 bits per heavy atom. The lowest BCUT2D eigenvalue weighted by Crippen LogP contribution is -2.40. The molecule has 0 unspecified atom stereocenters. The fraction of sp³-hybridized carbons (Fsp3) is 0.417. The molecule has 0 amide bonds. The lowest BCUT2D eigenvalue weighted by atomic mass is 9.99. The van der Waals surface area contributed by atoms with Gasteiger partial charge in [0.15, 0.2) is 6.29 Å². The highest BCUT2D eigenvalue weighted by atomic mass is 16.7. The third kappa shape index (κ3) is 6.28. The predicted molar refractivity (Wildman–Crippen MR) is 110 cm³/mol. The van der Waals surface area contributed by atoms with Crippen LogP contribution in [0, 0.1) is 0 Å². The second-order valence-corrected chi connectivity index (χ2v) is 7.18. The fourth-order valence-electron chi connectivity index (χ4n) is 3.44. The van der Waals surface area contributed by atoms with Gasteiger partial charge in [0.1, 0.15) is 0 Å². The minimum Gasteiger partial charge on any atom is -0.390 e. The zero-order valence-electron chi connectivity index (χ0n) is 16.3. The number of aliphatic hydroxyl groups excluding tert-OH is 1. The second kappa shape index (κ2) is 11.1. The van der Waals surface area contributed by atoms with Gasteiger partial charge >= 0.3 is 0 Å². The fourth-order valence-corrected chi connectivity index (χ4v) is 3.44. The Bertz CT molecular complexity index is 688. The van der Waals surface area contributed by atoms with E-state index in [1.165, 1.54) is 5.56 Å². The van der Waals surface area contributed by atoms with Gasteiger partial charge in [0, 0.05) is 18.6 Å². The standard InChI is InChI=1S/C24H30O4/c1-2-10-22(25)23-17-21(27-24(28-23)20-13-7-4-8-14-20)15-9-16-26-18-19-11-5-3-6-12-19/h2-8,11-14,21-25H,1,9-10,15-18H2/t21-,22-,23-,24-/m0/s1. The molecule has 0 aromatic heterocycles. The molecule has 150 valence electrons. The molecule has 0 spiro atoms. The van der Waals surface area contributed by atoms with Crippen molar-refractivity contribution in [1.29, 1.82) is 0 Å².